The molecule has 2 heterocycles. The summed E-state index contributed by atoms with van der Waals surface area (Å²) in [7, 11) is 3.95. The minimum absolute atomic E-state index is 0.519. The molecule has 1 N–H and O–H groups in total. The Morgan fingerprint density at radius 2 is 2.41 bits per heavy atom. The molecular formula is C12H20ClN3S. The van der Waals surface area contributed by atoms with Gasteiger partial charge in [-0.05, 0) is 44.2 Å². The number of thioether (sulfide) groups is 1. The van der Waals surface area contributed by atoms with Crippen LogP contribution >= 0.6 is 23.4 Å². The van der Waals surface area contributed by atoms with Crippen LogP contribution in [0.1, 0.15) is 17.7 Å². The molecule has 2 unspecified atom stereocenters. The Morgan fingerprint density at radius 1 is 1.65 bits per heavy atom. The summed E-state index contributed by atoms with van der Waals surface area (Å²) in [5.41, 5.74) is 2.26. The fourth-order valence-corrected chi connectivity index (χ4v) is 4.09. The second-order valence-corrected chi connectivity index (χ2v) is 6.21. The van der Waals surface area contributed by atoms with Crippen LogP contribution in [-0.2, 0) is 13.5 Å². The number of nitrogens with zero attached hydrogens (tertiary/aromatic N) is 2. The molecule has 5 heteroatoms. The lowest BCUT2D eigenvalue weighted by atomic mass is 9.93. The highest BCUT2D eigenvalue weighted by molar-refractivity contribution is 7.99. The second kappa shape index (κ2) is 5.63. The van der Waals surface area contributed by atoms with Gasteiger partial charge < -0.3 is 5.32 Å². The predicted molar refractivity (Wildman–Crippen MR) is 74.9 cm³/mol. The maximum absolute atomic E-state index is 6.29. The molecule has 1 aliphatic heterocycles. The van der Waals surface area contributed by atoms with Crippen LogP contribution in [0.4, 0.5) is 0 Å². The average Bonchev–Trinajstić information content (AvgIpc) is 2.89. The van der Waals surface area contributed by atoms with Crippen LogP contribution in [0, 0.1) is 12.8 Å². The van der Waals surface area contributed by atoms with Gasteiger partial charge in [0.05, 0.1) is 5.69 Å². The van der Waals surface area contributed by atoms with E-state index in [0.717, 1.165) is 23.2 Å². The molecular weight excluding hydrogens is 254 g/mol. The lowest BCUT2D eigenvalue weighted by Gasteiger charge is -2.22. The lowest BCUT2D eigenvalue weighted by Crippen LogP contribution is -2.35. The molecule has 96 valence electrons. The molecule has 0 aliphatic carbocycles. The van der Waals surface area contributed by atoms with E-state index in [0.29, 0.717) is 6.04 Å². The van der Waals surface area contributed by atoms with Gasteiger partial charge in [-0.1, -0.05) is 11.6 Å². The zero-order chi connectivity index (χ0) is 12.4. The van der Waals surface area contributed by atoms with Crippen molar-refractivity contribution in [3.05, 3.63) is 16.4 Å². The Bertz CT molecular complexity index is 385. The molecule has 1 saturated heterocycles. The summed E-state index contributed by atoms with van der Waals surface area (Å²) in [6.45, 7) is 2.04. The summed E-state index contributed by atoms with van der Waals surface area (Å²) in [6, 6.07) is 0.519. The summed E-state index contributed by atoms with van der Waals surface area (Å²) in [5, 5.41) is 8.61. The van der Waals surface area contributed by atoms with Gasteiger partial charge in [0.15, 0.2) is 0 Å². The number of nitrogens with one attached hydrogen (secondary N) is 1. The zero-order valence-electron chi connectivity index (χ0n) is 10.7. The summed E-state index contributed by atoms with van der Waals surface area (Å²) >= 11 is 8.35. The van der Waals surface area contributed by atoms with E-state index in [9.17, 15) is 0 Å². The SMILES string of the molecule is CNC(Cc1c(C)nn(C)c1Cl)C1CCSC1. The largest absolute Gasteiger partial charge is 0.316 e. The van der Waals surface area contributed by atoms with Crippen LogP contribution in [-0.4, -0.2) is 34.4 Å². The Balaban J connectivity index is 2.12. The van der Waals surface area contributed by atoms with Crippen molar-refractivity contribution in [1.82, 2.24) is 15.1 Å². The van der Waals surface area contributed by atoms with Gasteiger partial charge in [-0.2, -0.15) is 16.9 Å². The first-order valence-electron chi connectivity index (χ1n) is 6.06. The Morgan fingerprint density at radius 3 is 2.88 bits per heavy atom. The fraction of sp³-hybridized carbons (Fsp3) is 0.750. The first-order chi connectivity index (χ1) is 8.13. The van der Waals surface area contributed by atoms with Crippen molar-refractivity contribution in [1.29, 1.82) is 0 Å². The van der Waals surface area contributed by atoms with Crippen molar-refractivity contribution in [2.24, 2.45) is 13.0 Å². The van der Waals surface area contributed by atoms with Gasteiger partial charge in [-0.15, -0.1) is 0 Å². The number of aromatic nitrogens is 2. The quantitative estimate of drug-likeness (QED) is 0.913. The number of likely N-dealkylation sites (N-methyl/N-ethyl adjacent to an activating group) is 1. The second-order valence-electron chi connectivity index (χ2n) is 4.70. The molecule has 2 atom stereocenters. The summed E-state index contributed by atoms with van der Waals surface area (Å²) in [5.74, 6) is 3.33. The number of halogens is 1. The minimum atomic E-state index is 0.519. The molecule has 17 heavy (non-hydrogen) atoms. The maximum Gasteiger partial charge on any atom is 0.130 e. The fourth-order valence-electron chi connectivity index (χ4n) is 2.50. The molecule has 0 amide bonds. The number of rotatable bonds is 4. The van der Waals surface area contributed by atoms with Gasteiger partial charge in [0.1, 0.15) is 5.15 Å². The average molecular weight is 274 g/mol. The summed E-state index contributed by atoms with van der Waals surface area (Å²) < 4.78 is 1.77. The zero-order valence-corrected chi connectivity index (χ0v) is 12.2. The van der Waals surface area contributed by atoms with Crippen molar-refractivity contribution in [2.45, 2.75) is 25.8 Å². The van der Waals surface area contributed by atoms with Crippen LogP contribution < -0.4 is 5.32 Å². The van der Waals surface area contributed by atoms with Gasteiger partial charge in [0.2, 0.25) is 0 Å². The van der Waals surface area contributed by atoms with Crippen LogP contribution in [0.2, 0.25) is 5.15 Å². The van der Waals surface area contributed by atoms with Gasteiger partial charge in [-0.25, -0.2) is 0 Å². The lowest BCUT2D eigenvalue weighted by molar-refractivity contribution is 0.403. The van der Waals surface area contributed by atoms with E-state index in [1.54, 1.807) is 4.68 Å². The van der Waals surface area contributed by atoms with Crippen molar-refractivity contribution in [3.8, 4) is 0 Å². The Kier molecular flexibility index (Phi) is 4.39. The predicted octanol–water partition coefficient (Wildman–Crippen LogP) is 2.27. The number of aryl methyl sites for hydroxylation is 2. The van der Waals surface area contributed by atoms with Gasteiger partial charge in [0, 0.05) is 18.7 Å². The highest BCUT2D eigenvalue weighted by Gasteiger charge is 2.26. The molecule has 2 rings (SSSR count). The van der Waals surface area contributed by atoms with Crippen LogP contribution in [0.3, 0.4) is 0 Å². The van der Waals surface area contributed by atoms with E-state index < -0.39 is 0 Å². The maximum atomic E-state index is 6.29. The Hall–Kier alpha value is -0.190. The molecule has 0 saturated carbocycles. The highest BCUT2D eigenvalue weighted by atomic mass is 35.5. The molecule has 0 bridgehead atoms. The molecule has 0 aromatic carbocycles. The number of hydrogen-bond donors (Lipinski definition) is 1. The van der Waals surface area contributed by atoms with Crippen LogP contribution in [0.25, 0.3) is 0 Å². The van der Waals surface area contributed by atoms with E-state index in [2.05, 4.69) is 22.2 Å². The standard InChI is InChI=1S/C12H20ClN3S/c1-8-10(12(13)16(3)15-8)6-11(14-2)9-4-5-17-7-9/h9,11,14H,4-7H2,1-3H3. The van der Waals surface area contributed by atoms with E-state index in [4.69, 9.17) is 11.6 Å². The monoisotopic (exact) mass is 273 g/mol. The first kappa shape index (κ1) is 13.2. The van der Waals surface area contributed by atoms with Gasteiger partial charge in [0.25, 0.3) is 0 Å². The molecule has 0 radical (unpaired) electrons. The van der Waals surface area contributed by atoms with E-state index in [-0.39, 0.29) is 0 Å². The highest BCUT2D eigenvalue weighted by Crippen LogP contribution is 2.29. The van der Waals surface area contributed by atoms with Crippen molar-refractivity contribution >= 4 is 23.4 Å². The topological polar surface area (TPSA) is 29.9 Å². The molecule has 1 fully saturated rings. The van der Waals surface area contributed by atoms with Gasteiger partial charge in [-0.3, -0.25) is 4.68 Å². The minimum Gasteiger partial charge on any atom is -0.316 e. The number of hydrogen-bond acceptors (Lipinski definition) is 3. The molecule has 0 spiro atoms. The molecule has 1 aromatic rings. The third-order valence-electron chi connectivity index (χ3n) is 3.60. The van der Waals surface area contributed by atoms with Crippen molar-refractivity contribution in [3.63, 3.8) is 0 Å². The summed E-state index contributed by atoms with van der Waals surface area (Å²) in [6.07, 6.45) is 2.30. The molecule has 3 nitrogen and oxygen atoms in total. The third kappa shape index (κ3) is 2.80. The first-order valence-corrected chi connectivity index (χ1v) is 7.59. The van der Waals surface area contributed by atoms with Crippen molar-refractivity contribution in [2.75, 3.05) is 18.6 Å². The van der Waals surface area contributed by atoms with E-state index in [1.807, 2.05) is 21.0 Å². The van der Waals surface area contributed by atoms with Crippen LogP contribution in [0.15, 0.2) is 0 Å². The Labute approximate surface area is 112 Å². The van der Waals surface area contributed by atoms with E-state index >= 15 is 0 Å². The van der Waals surface area contributed by atoms with E-state index in [1.165, 1.54) is 23.5 Å². The molecule has 1 aliphatic rings. The smallest absolute Gasteiger partial charge is 0.130 e. The normalized spacial score (nSPS) is 22.0. The van der Waals surface area contributed by atoms with Crippen molar-refractivity contribution < 1.29 is 0 Å². The third-order valence-corrected chi connectivity index (χ3v) is 5.26. The molecule has 1 aromatic heterocycles. The van der Waals surface area contributed by atoms with Gasteiger partial charge >= 0.3 is 0 Å². The van der Waals surface area contributed by atoms with Crippen LogP contribution in [0.5, 0.6) is 0 Å². The summed E-state index contributed by atoms with van der Waals surface area (Å²) in [4.78, 5) is 0.